The average molecular weight is 303 g/mol. The van der Waals surface area contributed by atoms with Crippen molar-refractivity contribution in [1.82, 2.24) is 0 Å². The minimum atomic E-state index is 0.354. The summed E-state index contributed by atoms with van der Waals surface area (Å²) in [5.74, 6) is 3.08. The quantitative estimate of drug-likeness (QED) is 0.812. The second-order valence-electron chi connectivity index (χ2n) is 4.85. The van der Waals surface area contributed by atoms with Gasteiger partial charge in [0.05, 0.1) is 0 Å². The van der Waals surface area contributed by atoms with Crippen LogP contribution in [-0.2, 0) is 10.5 Å². The van der Waals surface area contributed by atoms with Crippen molar-refractivity contribution in [1.29, 1.82) is 0 Å². The molecule has 0 bridgehead atoms. The molecule has 0 aliphatic carbocycles. The van der Waals surface area contributed by atoms with E-state index < -0.39 is 0 Å². The van der Waals surface area contributed by atoms with E-state index in [4.69, 9.17) is 16.3 Å². The molecule has 1 nitrogen and oxygen atoms in total. The molecular formula is C14H19ClOS2. The molecule has 1 saturated heterocycles. The fraction of sp³-hybridized carbons (Fsp3) is 0.571. The summed E-state index contributed by atoms with van der Waals surface area (Å²) in [5.41, 5.74) is 1.58. The highest BCUT2D eigenvalue weighted by Gasteiger charge is 2.30. The summed E-state index contributed by atoms with van der Waals surface area (Å²) >= 11 is 12.7. The Kier molecular flexibility index (Phi) is 5.74. The lowest BCUT2D eigenvalue weighted by Crippen LogP contribution is -2.33. The fourth-order valence-electron chi connectivity index (χ4n) is 2.15. The van der Waals surface area contributed by atoms with Crippen LogP contribution in [0.5, 0.6) is 0 Å². The van der Waals surface area contributed by atoms with Gasteiger partial charge in [0.2, 0.25) is 0 Å². The molecule has 1 fully saturated rings. The van der Waals surface area contributed by atoms with E-state index in [0.29, 0.717) is 5.41 Å². The Labute approximate surface area is 124 Å². The number of hydrogen-bond acceptors (Lipinski definition) is 3. The van der Waals surface area contributed by atoms with E-state index in [1.165, 1.54) is 5.56 Å². The van der Waals surface area contributed by atoms with Crippen molar-refractivity contribution in [2.24, 2.45) is 5.41 Å². The first-order chi connectivity index (χ1) is 8.76. The highest BCUT2D eigenvalue weighted by molar-refractivity contribution is 7.98. The maximum atomic E-state index is 6.17. The smallest absolute Gasteiger partial charge is 0.0471 e. The molecule has 18 heavy (non-hydrogen) atoms. The molecule has 1 aromatic rings. The second kappa shape index (κ2) is 7.09. The van der Waals surface area contributed by atoms with Crippen molar-refractivity contribution in [3.05, 3.63) is 34.9 Å². The van der Waals surface area contributed by atoms with E-state index in [9.17, 15) is 0 Å². The van der Waals surface area contributed by atoms with Gasteiger partial charge in [0, 0.05) is 29.7 Å². The Morgan fingerprint density at radius 2 is 2.00 bits per heavy atom. The van der Waals surface area contributed by atoms with Crippen LogP contribution in [0.1, 0.15) is 18.4 Å². The molecule has 1 aromatic carbocycles. The largest absolute Gasteiger partial charge is 0.381 e. The molecule has 1 heterocycles. The first kappa shape index (κ1) is 14.6. The lowest BCUT2D eigenvalue weighted by molar-refractivity contribution is 0.0371. The van der Waals surface area contributed by atoms with Crippen molar-refractivity contribution in [3.8, 4) is 0 Å². The number of benzene rings is 1. The van der Waals surface area contributed by atoms with Crippen molar-refractivity contribution in [2.75, 3.05) is 24.7 Å². The first-order valence-corrected chi connectivity index (χ1v) is 8.42. The summed E-state index contributed by atoms with van der Waals surface area (Å²) in [4.78, 5) is 0. The zero-order valence-electron chi connectivity index (χ0n) is 10.4. The molecule has 0 aromatic heterocycles. The lowest BCUT2D eigenvalue weighted by atomic mass is 9.84. The monoisotopic (exact) mass is 302 g/mol. The van der Waals surface area contributed by atoms with Crippen LogP contribution in [-0.4, -0.2) is 24.7 Å². The number of hydrogen-bond donors (Lipinski definition) is 1. The molecule has 0 saturated carbocycles. The third-order valence-electron chi connectivity index (χ3n) is 3.51. The Balaban J connectivity index is 1.85. The minimum absolute atomic E-state index is 0.354. The molecule has 0 N–H and O–H groups in total. The SMILES string of the molecule is SCC1(CSCc2ccccc2Cl)CCOCC1. The van der Waals surface area contributed by atoms with E-state index in [1.807, 2.05) is 30.0 Å². The Morgan fingerprint density at radius 3 is 2.67 bits per heavy atom. The molecule has 0 amide bonds. The molecule has 0 radical (unpaired) electrons. The molecular weight excluding hydrogens is 284 g/mol. The van der Waals surface area contributed by atoms with Gasteiger partial charge in [0.15, 0.2) is 0 Å². The molecule has 1 aliphatic rings. The second-order valence-corrected chi connectivity index (χ2v) is 6.56. The number of thioether (sulfide) groups is 1. The number of thiol groups is 1. The summed E-state index contributed by atoms with van der Waals surface area (Å²) in [5, 5.41) is 0.872. The zero-order chi connectivity index (χ0) is 12.8. The number of rotatable bonds is 5. The first-order valence-electron chi connectivity index (χ1n) is 6.26. The van der Waals surface area contributed by atoms with Gasteiger partial charge in [-0.25, -0.2) is 0 Å². The molecule has 0 spiro atoms. The van der Waals surface area contributed by atoms with Crippen molar-refractivity contribution in [2.45, 2.75) is 18.6 Å². The van der Waals surface area contributed by atoms with Crippen molar-refractivity contribution in [3.63, 3.8) is 0 Å². The van der Waals surface area contributed by atoms with Crippen LogP contribution in [0.25, 0.3) is 0 Å². The highest BCUT2D eigenvalue weighted by Crippen LogP contribution is 2.36. The minimum Gasteiger partial charge on any atom is -0.381 e. The normalized spacial score (nSPS) is 18.8. The Bertz CT molecular complexity index is 378. The number of halogens is 1. The van der Waals surface area contributed by atoms with Gasteiger partial charge >= 0.3 is 0 Å². The van der Waals surface area contributed by atoms with Crippen LogP contribution >= 0.6 is 36.0 Å². The molecule has 1 aliphatic heterocycles. The van der Waals surface area contributed by atoms with E-state index >= 15 is 0 Å². The molecule has 4 heteroatoms. The van der Waals surface area contributed by atoms with Gasteiger partial charge in [0.25, 0.3) is 0 Å². The zero-order valence-corrected chi connectivity index (χ0v) is 12.9. The van der Waals surface area contributed by atoms with Gasteiger partial charge in [-0.2, -0.15) is 24.4 Å². The van der Waals surface area contributed by atoms with Crippen LogP contribution < -0.4 is 0 Å². The summed E-state index contributed by atoms with van der Waals surface area (Å²) in [7, 11) is 0. The van der Waals surface area contributed by atoms with Crippen LogP contribution in [0.2, 0.25) is 5.02 Å². The fourth-order valence-corrected chi connectivity index (χ4v) is 4.40. The Morgan fingerprint density at radius 1 is 1.28 bits per heavy atom. The Hall–Kier alpha value is 0.170. The third-order valence-corrected chi connectivity index (χ3v) is 5.88. The maximum absolute atomic E-state index is 6.17. The van der Waals surface area contributed by atoms with Crippen LogP contribution in [0.4, 0.5) is 0 Å². The number of ether oxygens (including phenoxy) is 1. The van der Waals surface area contributed by atoms with E-state index in [2.05, 4.69) is 18.7 Å². The molecule has 0 atom stereocenters. The van der Waals surface area contributed by atoms with Gasteiger partial charge in [-0.05, 0) is 35.6 Å². The molecule has 0 unspecified atom stereocenters. The van der Waals surface area contributed by atoms with E-state index in [0.717, 1.165) is 48.3 Å². The van der Waals surface area contributed by atoms with Gasteiger partial charge < -0.3 is 4.74 Å². The third kappa shape index (κ3) is 3.83. The van der Waals surface area contributed by atoms with E-state index in [-0.39, 0.29) is 0 Å². The maximum Gasteiger partial charge on any atom is 0.0471 e. The van der Waals surface area contributed by atoms with Crippen molar-refractivity contribution >= 4 is 36.0 Å². The van der Waals surface area contributed by atoms with Gasteiger partial charge in [-0.15, -0.1) is 0 Å². The van der Waals surface area contributed by atoms with Gasteiger partial charge in [-0.3, -0.25) is 0 Å². The average Bonchev–Trinajstić information content (AvgIpc) is 2.42. The highest BCUT2D eigenvalue weighted by atomic mass is 35.5. The van der Waals surface area contributed by atoms with Crippen LogP contribution in [0, 0.1) is 5.41 Å². The van der Waals surface area contributed by atoms with E-state index in [1.54, 1.807) is 0 Å². The predicted molar refractivity (Wildman–Crippen MR) is 84.0 cm³/mol. The topological polar surface area (TPSA) is 9.23 Å². The molecule has 2 rings (SSSR count). The van der Waals surface area contributed by atoms with Crippen molar-refractivity contribution < 1.29 is 4.74 Å². The van der Waals surface area contributed by atoms with Crippen LogP contribution in [0.3, 0.4) is 0 Å². The predicted octanol–water partition coefficient (Wildman–Crippen LogP) is 4.30. The van der Waals surface area contributed by atoms with Gasteiger partial charge in [0.1, 0.15) is 0 Å². The summed E-state index contributed by atoms with van der Waals surface area (Å²) in [6.07, 6.45) is 2.26. The lowest BCUT2D eigenvalue weighted by Gasteiger charge is -2.35. The summed E-state index contributed by atoms with van der Waals surface area (Å²) < 4.78 is 5.45. The molecule has 100 valence electrons. The summed E-state index contributed by atoms with van der Waals surface area (Å²) in [6.45, 7) is 1.76. The van der Waals surface area contributed by atoms with Gasteiger partial charge in [-0.1, -0.05) is 29.8 Å². The van der Waals surface area contributed by atoms with Crippen LogP contribution in [0.15, 0.2) is 24.3 Å². The summed E-state index contributed by atoms with van der Waals surface area (Å²) in [6, 6.07) is 8.09. The standard InChI is InChI=1S/C14H19ClOS2/c15-13-4-2-1-3-12(13)9-18-11-14(10-17)5-7-16-8-6-14/h1-4,17H,5-11H2.